The van der Waals surface area contributed by atoms with E-state index in [1.54, 1.807) is 6.26 Å². The van der Waals surface area contributed by atoms with Crippen LogP contribution in [0.1, 0.15) is 49.8 Å². The molecule has 2 heterocycles. The Kier molecular flexibility index (Phi) is 5.51. The van der Waals surface area contributed by atoms with Crippen LogP contribution in [0.5, 0.6) is 0 Å². The Morgan fingerprint density at radius 3 is 2.64 bits per heavy atom. The number of carbonyl (C=O) groups excluding carboxylic acids is 2. The maximum atomic E-state index is 13.1. The average Bonchev–Trinajstić information content (AvgIpc) is 3.23. The summed E-state index contributed by atoms with van der Waals surface area (Å²) >= 11 is 0. The highest BCUT2D eigenvalue weighted by atomic mass is 16.3. The number of rotatable bonds is 9. The van der Waals surface area contributed by atoms with E-state index in [1.807, 2.05) is 35.2 Å². The Morgan fingerprint density at radius 1 is 1.18 bits per heavy atom. The van der Waals surface area contributed by atoms with E-state index >= 15 is 0 Å². The summed E-state index contributed by atoms with van der Waals surface area (Å²) in [5, 5.41) is 3.13. The summed E-state index contributed by atoms with van der Waals surface area (Å²) in [4.78, 5) is 27.0. The Hall–Kier alpha value is -2.56. The molecule has 1 aromatic carbocycles. The highest BCUT2D eigenvalue weighted by Crippen LogP contribution is 2.32. The van der Waals surface area contributed by atoms with Crippen LogP contribution < -0.4 is 5.32 Å². The van der Waals surface area contributed by atoms with Crippen molar-refractivity contribution in [2.24, 2.45) is 5.92 Å². The minimum absolute atomic E-state index is 0.0677. The van der Waals surface area contributed by atoms with Gasteiger partial charge in [-0.15, -0.1) is 0 Å². The van der Waals surface area contributed by atoms with Crippen molar-refractivity contribution in [3.05, 3.63) is 60.1 Å². The van der Waals surface area contributed by atoms with Crippen molar-refractivity contribution in [1.82, 2.24) is 10.2 Å². The zero-order chi connectivity index (χ0) is 19.4. The first kappa shape index (κ1) is 18.8. The van der Waals surface area contributed by atoms with Gasteiger partial charge < -0.3 is 14.6 Å². The van der Waals surface area contributed by atoms with Crippen LogP contribution in [0.2, 0.25) is 0 Å². The van der Waals surface area contributed by atoms with Gasteiger partial charge in [0.05, 0.1) is 6.26 Å². The Labute approximate surface area is 166 Å². The van der Waals surface area contributed by atoms with Crippen molar-refractivity contribution in [3.8, 4) is 0 Å². The van der Waals surface area contributed by atoms with E-state index in [0.29, 0.717) is 38.1 Å². The predicted octanol–water partition coefficient (Wildman–Crippen LogP) is 3.69. The fourth-order valence-corrected chi connectivity index (χ4v) is 4.10. The van der Waals surface area contributed by atoms with Crippen molar-refractivity contribution in [2.75, 3.05) is 6.54 Å². The van der Waals surface area contributed by atoms with Gasteiger partial charge in [0, 0.05) is 37.9 Å². The second-order valence-corrected chi connectivity index (χ2v) is 8.29. The van der Waals surface area contributed by atoms with Crippen LogP contribution in [-0.4, -0.2) is 28.8 Å². The van der Waals surface area contributed by atoms with Gasteiger partial charge >= 0.3 is 0 Å². The molecule has 5 nitrogen and oxygen atoms in total. The van der Waals surface area contributed by atoms with Crippen LogP contribution in [0.15, 0.2) is 53.1 Å². The second kappa shape index (κ2) is 8.21. The highest BCUT2D eigenvalue weighted by molar-refractivity contribution is 5.80. The molecule has 2 aliphatic rings. The van der Waals surface area contributed by atoms with Crippen molar-refractivity contribution >= 4 is 11.8 Å². The molecule has 1 aliphatic carbocycles. The summed E-state index contributed by atoms with van der Waals surface area (Å²) in [6.45, 7) is 1.50. The van der Waals surface area contributed by atoms with Gasteiger partial charge in [-0.2, -0.15) is 0 Å². The fraction of sp³-hybridized carbons (Fsp3) is 0.478. The lowest BCUT2D eigenvalue weighted by Crippen LogP contribution is -2.45. The van der Waals surface area contributed by atoms with E-state index in [9.17, 15) is 9.59 Å². The van der Waals surface area contributed by atoms with Gasteiger partial charge in [0.1, 0.15) is 5.76 Å². The molecule has 28 heavy (non-hydrogen) atoms. The van der Waals surface area contributed by atoms with Crippen LogP contribution >= 0.6 is 0 Å². The van der Waals surface area contributed by atoms with E-state index in [2.05, 4.69) is 17.4 Å². The number of nitrogens with one attached hydrogen (secondary N) is 1. The summed E-state index contributed by atoms with van der Waals surface area (Å²) in [7, 11) is 0. The molecule has 4 rings (SSSR count). The van der Waals surface area contributed by atoms with Crippen LogP contribution in [0.3, 0.4) is 0 Å². The summed E-state index contributed by atoms with van der Waals surface area (Å²) < 4.78 is 5.50. The summed E-state index contributed by atoms with van der Waals surface area (Å²) in [6.07, 6.45) is 7.09. The first-order chi connectivity index (χ1) is 13.6. The third-order valence-electron chi connectivity index (χ3n) is 5.89. The van der Waals surface area contributed by atoms with Crippen molar-refractivity contribution < 1.29 is 14.0 Å². The monoisotopic (exact) mass is 380 g/mol. The minimum atomic E-state index is -0.372. The second-order valence-electron chi connectivity index (χ2n) is 8.29. The van der Waals surface area contributed by atoms with E-state index in [1.165, 1.54) is 12.8 Å². The van der Waals surface area contributed by atoms with Gasteiger partial charge in [0.25, 0.3) is 0 Å². The minimum Gasteiger partial charge on any atom is -0.469 e. The molecular weight excluding hydrogens is 352 g/mol. The van der Waals surface area contributed by atoms with E-state index in [-0.39, 0.29) is 17.4 Å². The third kappa shape index (κ3) is 4.83. The van der Waals surface area contributed by atoms with Crippen molar-refractivity contribution in [3.63, 3.8) is 0 Å². The molecule has 1 saturated heterocycles. The zero-order valence-electron chi connectivity index (χ0n) is 16.2. The molecule has 148 valence electrons. The lowest BCUT2D eigenvalue weighted by molar-refractivity contribution is -0.132. The van der Waals surface area contributed by atoms with Gasteiger partial charge in [-0.1, -0.05) is 30.3 Å². The number of benzene rings is 1. The fourth-order valence-electron chi connectivity index (χ4n) is 4.10. The Morgan fingerprint density at radius 2 is 2.00 bits per heavy atom. The highest BCUT2D eigenvalue weighted by Gasteiger charge is 2.39. The first-order valence-corrected chi connectivity index (χ1v) is 10.3. The standard InChI is InChI=1S/C23H28N2O3/c26-21-10-12-23(24-21,15-20-7-4-14-28-20)13-11-22(27)25(17-19-8-9-19)16-18-5-2-1-3-6-18/h1-7,14,19H,8-13,15-17H2,(H,24,26)/t23-/m0/s1. The lowest BCUT2D eigenvalue weighted by Gasteiger charge is -2.30. The van der Waals surface area contributed by atoms with Gasteiger partial charge in [0.2, 0.25) is 11.8 Å². The Balaban J connectivity index is 1.41. The number of hydrogen-bond donors (Lipinski definition) is 1. The lowest BCUT2D eigenvalue weighted by atomic mass is 9.87. The molecule has 0 radical (unpaired) electrons. The van der Waals surface area contributed by atoms with Crippen LogP contribution in [-0.2, 0) is 22.6 Å². The molecule has 1 aliphatic heterocycles. The maximum Gasteiger partial charge on any atom is 0.222 e. The molecule has 5 heteroatoms. The normalized spacial score (nSPS) is 21.5. The molecule has 2 amide bonds. The zero-order valence-corrected chi connectivity index (χ0v) is 16.2. The smallest absolute Gasteiger partial charge is 0.222 e. The number of hydrogen-bond acceptors (Lipinski definition) is 3. The number of furan rings is 1. The third-order valence-corrected chi connectivity index (χ3v) is 5.89. The van der Waals surface area contributed by atoms with Gasteiger partial charge in [-0.3, -0.25) is 9.59 Å². The molecule has 1 atom stereocenters. The van der Waals surface area contributed by atoms with Crippen LogP contribution in [0.4, 0.5) is 0 Å². The topological polar surface area (TPSA) is 62.6 Å². The molecule has 0 spiro atoms. The van der Waals surface area contributed by atoms with E-state index < -0.39 is 0 Å². The van der Waals surface area contributed by atoms with Crippen molar-refractivity contribution in [1.29, 1.82) is 0 Å². The molecule has 1 N–H and O–H groups in total. The first-order valence-electron chi connectivity index (χ1n) is 10.3. The van der Waals surface area contributed by atoms with Gasteiger partial charge in [-0.05, 0) is 49.3 Å². The molecule has 0 bridgehead atoms. The SMILES string of the molecule is O=C1CC[C@](CCC(=O)N(Cc2ccccc2)CC2CC2)(Cc2ccco2)N1. The molecular formula is C23H28N2O3. The van der Waals surface area contributed by atoms with Crippen molar-refractivity contribution in [2.45, 2.75) is 57.0 Å². The maximum absolute atomic E-state index is 13.1. The summed E-state index contributed by atoms with van der Waals surface area (Å²) in [5.41, 5.74) is 0.791. The molecule has 1 saturated carbocycles. The van der Waals surface area contributed by atoms with Crippen LogP contribution in [0, 0.1) is 5.92 Å². The average molecular weight is 380 g/mol. The number of carbonyl (C=O) groups is 2. The number of nitrogens with zero attached hydrogens (tertiary/aromatic N) is 1. The number of amides is 2. The van der Waals surface area contributed by atoms with E-state index in [4.69, 9.17) is 4.42 Å². The van der Waals surface area contributed by atoms with Gasteiger partial charge in [0.15, 0.2) is 0 Å². The molecule has 1 aromatic heterocycles. The summed E-state index contributed by atoms with van der Waals surface area (Å²) in [5.74, 6) is 1.75. The largest absolute Gasteiger partial charge is 0.469 e. The van der Waals surface area contributed by atoms with E-state index in [0.717, 1.165) is 24.3 Å². The predicted molar refractivity (Wildman–Crippen MR) is 106 cm³/mol. The quantitative estimate of drug-likeness (QED) is 0.722. The van der Waals surface area contributed by atoms with Gasteiger partial charge in [-0.25, -0.2) is 0 Å². The molecule has 2 aromatic rings. The molecule has 2 fully saturated rings. The van der Waals surface area contributed by atoms with Crippen LogP contribution in [0.25, 0.3) is 0 Å². The Bertz CT molecular complexity index is 799. The summed E-state index contributed by atoms with van der Waals surface area (Å²) in [6, 6.07) is 14.0. The molecule has 0 unspecified atom stereocenters.